The van der Waals surface area contributed by atoms with Crippen molar-refractivity contribution in [3.63, 3.8) is 0 Å². The molecule has 3 rings (SSSR count). The van der Waals surface area contributed by atoms with Gasteiger partial charge in [0.25, 0.3) is 0 Å². The third-order valence-corrected chi connectivity index (χ3v) is 4.94. The highest BCUT2D eigenvalue weighted by Gasteiger charge is 2.27. The summed E-state index contributed by atoms with van der Waals surface area (Å²) in [7, 11) is 0. The minimum absolute atomic E-state index is 0.0677. The Morgan fingerprint density at radius 1 is 1.43 bits per heavy atom. The van der Waals surface area contributed by atoms with E-state index in [0.717, 1.165) is 5.56 Å². The number of hydrogen-bond donors (Lipinski definition) is 3. The summed E-state index contributed by atoms with van der Waals surface area (Å²) in [5.74, 6) is 0.0275. The predicted molar refractivity (Wildman–Crippen MR) is 102 cm³/mol. The molecule has 0 radical (unpaired) electrons. The number of aliphatic hydroxyl groups is 1. The van der Waals surface area contributed by atoms with E-state index in [2.05, 4.69) is 20.2 Å². The fourth-order valence-electron chi connectivity index (χ4n) is 3.27. The Kier molecular flexibility index (Phi) is 6.91. The van der Waals surface area contributed by atoms with Crippen molar-refractivity contribution >= 4 is 5.91 Å². The molecule has 150 valence electrons. The fourth-order valence-corrected chi connectivity index (χ4v) is 3.27. The number of nitrogens with one attached hydrogen (secondary N) is 1. The third-order valence-electron chi connectivity index (χ3n) is 4.94. The molecule has 1 atom stereocenters. The van der Waals surface area contributed by atoms with Crippen LogP contribution in [0.5, 0.6) is 5.75 Å². The number of rotatable bonds is 7. The smallest absolute Gasteiger partial charge is 0.221 e. The van der Waals surface area contributed by atoms with Crippen LogP contribution < -0.4 is 5.32 Å². The molecular weight excluding hydrogens is 360 g/mol. The number of aliphatic hydroxyl groups excluding tert-OH is 1. The van der Waals surface area contributed by atoms with Gasteiger partial charge in [0.15, 0.2) is 0 Å². The first-order valence-corrected chi connectivity index (χ1v) is 9.33. The van der Waals surface area contributed by atoms with Gasteiger partial charge >= 0.3 is 0 Å². The van der Waals surface area contributed by atoms with Crippen molar-refractivity contribution < 1.29 is 19.7 Å². The summed E-state index contributed by atoms with van der Waals surface area (Å²) in [6.45, 7) is 4.03. The lowest BCUT2D eigenvalue weighted by Gasteiger charge is -2.35. The summed E-state index contributed by atoms with van der Waals surface area (Å²) >= 11 is 0. The van der Waals surface area contributed by atoms with Crippen LogP contribution in [0.15, 0.2) is 30.7 Å². The first-order chi connectivity index (χ1) is 13.6. The number of aromatic nitrogens is 2. The van der Waals surface area contributed by atoms with Crippen molar-refractivity contribution in [2.24, 2.45) is 0 Å². The largest absolute Gasteiger partial charge is 0.506 e. The SMILES string of the molecule is Cc1ncc(CO)c(CN2CCOCC2CC(=O)NCc2cccnc2)c1O. The molecule has 1 fully saturated rings. The molecule has 0 bridgehead atoms. The molecule has 1 amide bonds. The Balaban J connectivity index is 1.64. The van der Waals surface area contributed by atoms with Gasteiger partial charge in [0.1, 0.15) is 5.75 Å². The molecule has 1 aliphatic heterocycles. The Labute approximate surface area is 164 Å². The average molecular weight is 386 g/mol. The van der Waals surface area contributed by atoms with Gasteiger partial charge in [-0.15, -0.1) is 0 Å². The van der Waals surface area contributed by atoms with Crippen LogP contribution in [0.3, 0.4) is 0 Å². The maximum Gasteiger partial charge on any atom is 0.221 e. The Hall–Kier alpha value is -2.55. The molecule has 2 aromatic heterocycles. The van der Waals surface area contributed by atoms with Crippen molar-refractivity contribution in [1.82, 2.24) is 20.2 Å². The lowest BCUT2D eigenvalue weighted by Crippen LogP contribution is -2.47. The van der Waals surface area contributed by atoms with Crippen molar-refractivity contribution in [1.29, 1.82) is 0 Å². The topological polar surface area (TPSA) is 108 Å². The molecule has 1 unspecified atom stereocenters. The van der Waals surface area contributed by atoms with Crippen LogP contribution in [0, 0.1) is 6.92 Å². The summed E-state index contributed by atoms with van der Waals surface area (Å²) < 4.78 is 5.57. The van der Waals surface area contributed by atoms with E-state index in [4.69, 9.17) is 4.74 Å². The van der Waals surface area contributed by atoms with E-state index in [9.17, 15) is 15.0 Å². The standard InChI is InChI=1S/C20H26N4O4/c1-14-20(27)18(16(12-25)10-22-14)11-24-5-6-28-13-17(24)7-19(26)23-9-15-3-2-4-21-8-15/h2-4,8,10,17,25,27H,5-7,9,11-13H2,1H3,(H,23,26). The maximum absolute atomic E-state index is 12.4. The number of aromatic hydroxyl groups is 1. The molecule has 3 N–H and O–H groups in total. The van der Waals surface area contributed by atoms with E-state index < -0.39 is 0 Å². The van der Waals surface area contributed by atoms with Gasteiger partial charge in [0, 0.05) is 61.8 Å². The molecule has 3 heterocycles. The number of nitrogens with zero attached hydrogens (tertiary/aromatic N) is 3. The molecule has 1 aliphatic rings. The number of ether oxygens (including phenoxy) is 1. The van der Waals surface area contributed by atoms with Gasteiger partial charge in [0.05, 0.1) is 25.5 Å². The number of pyridine rings is 2. The second-order valence-corrected chi connectivity index (χ2v) is 6.90. The number of carbonyl (C=O) groups is 1. The zero-order valence-electron chi connectivity index (χ0n) is 16.0. The number of morpholine rings is 1. The summed E-state index contributed by atoms with van der Waals surface area (Å²) in [4.78, 5) is 22.7. The molecule has 8 nitrogen and oxygen atoms in total. The highest BCUT2D eigenvalue weighted by molar-refractivity contribution is 5.76. The zero-order valence-corrected chi connectivity index (χ0v) is 16.0. The van der Waals surface area contributed by atoms with E-state index in [1.807, 2.05) is 12.1 Å². The number of hydrogen-bond acceptors (Lipinski definition) is 7. The van der Waals surface area contributed by atoms with Crippen LogP contribution in [0.25, 0.3) is 0 Å². The van der Waals surface area contributed by atoms with Gasteiger partial charge in [-0.2, -0.15) is 0 Å². The highest BCUT2D eigenvalue weighted by Crippen LogP contribution is 2.27. The molecule has 0 aromatic carbocycles. The molecule has 0 spiro atoms. The van der Waals surface area contributed by atoms with Gasteiger partial charge in [0.2, 0.25) is 5.91 Å². The van der Waals surface area contributed by atoms with Crippen molar-refractivity contribution in [3.05, 3.63) is 53.1 Å². The van der Waals surface area contributed by atoms with Crippen LogP contribution in [0.1, 0.15) is 28.8 Å². The van der Waals surface area contributed by atoms with Crippen LogP contribution in [0.2, 0.25) is 0 Å². The lowest BCUT2D eigenvalue weighted by molar-refractivity contribution is -0.124. The summed E-state index contributed by atoms with van der Waals surface area (Å²) in [6.07, 6.45) is 5.29. The van der Waals surface area contributed by atoms with Gasteiger partial charge in [-0.05, 0) is 18.6 Å². The number of amides is 1. The zero-order chi connectivity index (χ0) is 19.9. The molecule has 1 saturated heterocycles. The van der Waals surface area contributed by atoms with Crippen LogP contribution in [-0.4, -0.2) is 56.8 Å². The van der Waals surface area contributed by atoms with Crippen molar-refractivity contribution in [2.75, 3.05) is 19.8 Å². The second kappa shape index (κ2) is 9.59. The van der Waals surface area contributed by atoms with Crippen LogP contribution >= 0.6 is 0 Å². The van der Waals surface area contributed by atoms with Crippen molar-refractivity contribution in [2.45, 2.75) is 39.1 Å². The lowest BCUT2D eigenvalue weighted by atomic mass is 10.0. The van der Waals surface area contributed by atoms with Crippen LogP contribution in [-0.2, 0) is 29.2 Å². The quantitative estimate of drug-likeness (QED) is 0.649. The number of aryl methyl sites for hydroxylation is 1. The molecular formula is C20H26N4O4. The Bertz CT molecular complexity index is 800. The first-order valence-electron chi connectivity index (χ1n) is 9.33. The molecule has 8 heteroatoms. The van der Waals surface area contributed by atoms with Gasteiger partial charge in [-0.1, -0.05) is 6.07 Å². The van der Waals surface area contributed by atoms with Crippen molar-refractivity contribution in [3.8, 4) is 5.75 Å². The summed E-state index contributed by atoms with van der Waals surface area (Å²) in [5, 5.41) is 22.9. The molecule has 2 aromatic rings. The summed E-state index contributed by atoms with van der Waals surface area (Å²) in [6, 6.07) is 3.64. The Morgan fingerprint density at radius 3 is 3.04 bits per heavy atom. The molecule has 0 aliphatic carbocycles. The van der Waals surface area contributed by atoms with E-state index in [1.54, 1.807) is 25.5 Å². The van der Waals surface area contributed by atoms with Crippen LogP contribution in [0.4, 0.5) is 0 Å². The van der Waals surface area contributed by atoms with Gasteiger partial charge in [-0.25, -0.2) is 0 Å². The highest BCUT2D eigenvalue weighted by atomic mass is 16.5. The monoisotopic (exact) mass is 386 g/mol. The molecule has 28 heavy (non-hydrogen) atoms. The minimum atomic E-state index is -0.198. The van der Waals surface area contributed by atoms with E-state index >= 15 is 0 Å². The minimum Gasteiger partial charge on any atom is -0.506 e. The maximum atomic E-state index is 12.4. The summed E-state index contributed by atoms with van der Waals surface area (Å²) in [5.41, 5.74) is 2.70. The van der Waals surface area contributed by atoms with E-state index in [0.29, 0.717) is 56.1 Å². The normalized spacial score (nSPS) is 17.4. The van der Waals surface area contributed by atoms with E-state index in [-0.39, 0.29) is 24.3 Å². The van der Waals surface area contributed by atoms with Gasteiger partial charge < -0.3 is 20.3 Å². The number of carbonyl (C=O) groups excluding carboxylic acids is 1. The molecule has 0 saturated carbocycles. The fraction of sp³-hybridized carbons (Fsp3) is 0.450. The van der Waals surface area contributed by atoms with Gasteiger partial charge in [-0.3, -0.25) is 19.7 Å². The Morgan fingerprint density at radius 2 is 2.29 bits per heavy atom. The second-order valence-electron chi connectivity index (χ2n) is 6.90. The van der Waals surface area contributed by atoms with E-state index in [1.165, 1.54) is 0 Å². The average Bonchev–Trinajstić information content (AvgIpc) is 2.72. The predicted octanol–water partition coefficient (Wildman–Crippen LogP) is 0.890. The third kappa shape index (κ3) is 5.03. The first kappa shape index (κ1) is 20.2.